The van der Waals surface area contributed by atoms with Gasteiger partial charge in [-0.1, -0.05) is 0 Å². The molecule has 68 valence electrons. The lowest BCUT2D eigenvalue weighted by Crippen LogP contribution is -2.32. The third-order valence-electron chi connectivity index (χ3n) is 2.99. The van der Waals surface area contributed by atoms with Crippen molar-refractivity contribution < 1.29 is 4.79 Å². The van der Waals surface area contributed by atoms with E-state index in [4.69, 9.17) is 0 Å². The molecule has 1 aromatic heterocycles. The summed E-state index contributed by atoms with van der Waals surface area (Å²) in [4.78, 5) is 15.2. The Balaban J connectivity index is 2.08. The molecular formula is C10H11NOS. The van der Waals surface area contributed by atoms with E-state index < -0.39 is 0 Å². The second-order valence-corrected chi connectivity index (χ2v) is 4.66. The second-order valence-electron chi connectivity index (χ2n) is 3.71. The van der Waals surface area contributed by atoms with E-state index in [1.54, 1.807) is 11.3 Å². The van der Waals surface area contributed by atoms with Crippen LogP contribution >= 0.6 is 11.3 Å². The lowest BCUT2D eigenvalue weighted by molar-refractivity contribution is 0.0673. The Hall–Kier alpha value is -0.830. The molecule has 1 aromatic rings. The summed E-state index contributed by atoms with van der Waals surface area (Å²) < 4.78 is 0. The highest BCUT2D eigenvalue weighted by atomic mass is 32.1. The molecule has 2 aliphatic rings. The third-order valence-corrected chi connectivity index (χ3v) is 4.01. The quantitative estimate of drug-likeness (QED) is 0.619. The van der Waals surface area contributed by atoms with Gasteiger partial charge in [0.1, 0.15) is 0 Å². The number of fused-ring (bicyclic) bond motifs is 3. The van der Waals surface area contributed by atoms with Crippen molar-refractivity contribution in [2.75, 3.05) is 6.54 Å². The predicted molar refractivity (Wildman–Crippen MR) is 51.9 cm³/mol. The van der Waals surface area contributed by atoms with Crippen LogP contribution in [0.4, 0.5) is 0 Å². The molecule has 3 heterocycles. The van der Waals surface area contributed by atoms with Gasteiger partial charge in [-0.25, -0.2) is 0 Å². The molecule has 1 amide bonds. The highest BCUT2D eigenvalue weighted by molar-refractivity contribution is 7.10. The van der Waals surface area contributed by atoms with Crippen molar-refractivity contribution in [3.63, 3.8) is 0 Å². The summed E-state index contributed by atoms with van der Waals surface area (Å²) in [5, 5.41) is 2.04. The van der Waals surface area contributed by atoms with Crippen LogP contribution in [0.15, 0.2) is 11.4 Å². The molecule has 2 aliphatic heterocycles. The van der Waals surface area contributed by atoms with E-state index in [1.807, 2.05) is 16.3 Å². The van der Waals surface area contributed by atoms with Gasteiger partial charge in [-0.05, 0) is 30.7 Å². The summed E-state index contributed by atoms with van der Waals surface area (Å²) in [6, 6.07) is 2.40. The fourth-order valence-corrected chi connectivity index (χ4v) is 3.39. The zero-order valence-corrected chi connectivity index (χ0v) is 8.14. The molecule has 0 bridgehead atoms. The van der Waals surface area contributed by atoms with Crippen LogP contribution in [0.5, 0.6) is 0 Å². The Morgan fingerprint density at radius 1 is 1.46 bits per heavy atom. The summed E-state index contributed by atoms with van der Waals surface area (Å²) in [5.41, 5.74) is 0.969. The highest BCUT2D eigenvalue weighted by Gasteiger charge is 2.38. The second kappa shape index (κ2) is 2.58. The van der Waals surface area contributed by atoms with Crippen molar-refractivity contribution in [3.05, 3.63) is 21.9 Å². The van der Waals surface area contributed by atoms with Crippen molar-refractivity contribution in [1.29, 1.82) is 0 Å². The zero-order chi connectivity index (χ0) is 8.84. The van der Waals surface area contributed by atoms with Crippen molar-refractivity contribution in [2.24, 2.45) is 0 Å². The van der Waals surface area contributed by atoms with E-state index in [0.717, 1.165) is 12.1 Å². The fourth-order valence-electron chi connectivity index (χ4n) is 2.36. The largest absolute Gasteiger partial charge is 0.331 e. The lowest BCUT2D eigenvalue weighted by Gasteiger charge is -2.29. The highest BCUT2D eigenvalue weighted by Crippen LogP contribution is 2.42. The number of carbonyl (C=O) groups is 1. The molecule has 1 saturated heterocycles. The number of hydrogen-bond donors (Lipinski definition) is 0. The standard InChI is InChI=1S/C10H11NOS/c12-10-7-4-6-13-9(7)8-3-1-2-5-11(8)10/h4,6,8H,1-3,5H2. The average Bonchev–Trinajstić information content (AvgIpc) is 2.72. The minimum atomic E-state index is 0.265. The molecule has 0 aliphatic carbocycles. The van der Waals surface area contributed by atoms with Crippen LogP contribution in [-0.2, 0) is 0 Å². The van der Waals surface area contributed by atoms with Gasteiger partial charge in [0, 0.05) is 11.4 Å². The maximum absolute atomic E-state index is 11.8. The number of nitrogens with zero attached hydrogens (tertiary/aromatic N) is 1. The molecule has 0 N–H and O–H groups in total. The van der Waals surface area contributed by atoms with Crippen molar-refractivity contribution >= 4 is 17.2 Å². The molecule has 13 heavy (non-hydrogen) atoms. The van der Waals surface area contributed by atoms with Crippen LogP contribution in [0.1, 0.15) is 40.5 Å². The summed E-state index contributed by atoms with van der Waals surface area (Å²) in [5.74, 6) is 0.265. The van der Waals surface area contributed by atoms with E-state index in [2.05, 4.69) is 0 Å². The van der Waals surface area contributed by atoms with Crippen LogP contribution in [0.25, 0.3) is 0 Å². The van der Waals surface area contributed by atoms with E-state index in [9.17, 15) is 4.79 Å². The molecule has 0 aromatic carbocycles. The number of thiophene rings is 1. The maximum Gasteiger partial charge on any atom is 0.255 e. The number of rotatable bonds is 0. The van der Waals surface area contributed by atoms with E-state index >= 15 is 0 Å². The first kappa shape index (κ1) is 7.56. The van der Waals surface area contributed by atoms with Gasteiger partial charge in [0.05, 0.1) is 11.6 Å². The van der Waals surface area contributed by atoms with Gasteiger partial charge in [-0.3, -0.25) is 4.79 Å². The Labute approximate surface area is 81.2 Å². The van der Waals surface area contributed by atoms with Crippen LogP contribution < -0.4 is 0 Å². The normalized spacial score (nSPS) is 26.0. The van der Waals surface area contributed by atoms with Gasteiger partial charge in [-0.15, -0.1) is 11.3 Å². The number of amides is 1. The summed E-state index contributed by atoms with van der Waals surface area (Å²) in [6.45, 7) is 0.963. The first-order chi connectivity index (χ1) is 6.38. The van der Waals surface area contributed by atoms with Crippen LogP contribution in [0, 0.1) is 0 Å². The summed E-state index contributed by atoms with van der Waals surface area (Å²) in [7, 11) is 0. The topological polar surface area (TPSA) is 20.3 Å². The summed E-state index contributed by atoms with van der Waals surface area (Å²) in [6.07, 6.45) is 3.61. The smallest absolute Gasteiger partial charge is 0.255 e. The van der Waals surface area contributed by atoms with Gasteiger partial charge < -0.3 is 4.90 Å². The van der Waals surface area contributed by atoms with Gasteiger partial charge in [0.15, 0.2) is 0 Å². The Kier molecular flexibility index (Phi) is 1.50. The minimum absolute atomic E-state index is 0.265. The number of piperidine rings is 1. The molecular weight excluding hydrogens is 182 g/mol. The molecule has 1 unspecified atom stereocenters. The van der Waals surface area contributed by atoms with Crippen LogP contribution in [-0.4, -0.2) is 17.4 Å². The summed E-state index contributed by atoms with van der Waals surface area (Å²) >= 11 is 1.74. The molecule has 1 fully saturated rings. The number of carbonyl (C=O) groups excluding carboxylic acids is 1. The van der Waals surface area contributed by atoms with Crippen molar-refractivity contribution in [3.8, 4) is 0 Å². The van der Waals surface area contributed by atoms with E-state index in [1.165, 1.54) is 24.1 Å². The third kappa shape index (κ3) is 0.908. The molecule has 0 saturated carbocycles. The van der Waals surface area contributed by atoms with Gasteiger partial charge >= 0.3 is 0 Å². The minimum Gasteiger partial charge on any atom is -0.331 e. The first-order valence-electron chi connectivity index (χ1n) is 4.76. The predicted octanol–water partition coefficient (Wildman–Crippen LogP) is 2.43. The van der Waals surface area contributed by atoms with Crippen LogP contribution in [0.3, 0.4) is 0 Å². The zero-order valence-electron chi connectivity index (χ0n) is 7.32. The Morgan fingerprint density at radius 3 is 3.31 bits per heavy atom. The monoisotopic (exact) mass is 193 g/mol. The molecule has 3 heteroatoms. The van der Waals surface area contributed by atoms with E-state index in [-0.39, 0.29) is 5.91 Å². The molecule has 3 rings (SSSR count). The van der Waals surface area contributed by atoms with Gasteiger partial charge in [0.25, 0.3) is 5.91 Å². The lowest BCUT2D eigenvalue weighted by atomic mass is 10.0. The molecule has 1 atom stereocenters. The Bertz CT molecular complexity index is 358. The van der Waals surface area contributed by atoms with Crippen LogP contribution in [0.2, 0.25) is 0 Å². The van der Waals surface area contributed by atoms with Gasteiger partial charge in [0.2, 0.25) is 0 Å². The van der Waals surface area contributed by atoms with Gasteiger partial charge in [-0.2, -0.15) is 0 Å². The van der Waals surface area contributed by atoms with E-state index in [0.29, 0.717) is 6.04 Å². The van der Waals surface area contributed by atoms with Crippen molar-refractivity contribution in [2.45, 2.75) is 25.3 Å². The molecule has 0 spiro atoms. The number of hydrogen-bond acceptors (Lipinski definition) is 2. The maximum atomic E-state index is 11.8. The Morgan fingerprint density at radius 2 is 2.38 bits per heavy atom. The first-order valence-corrected chi connectivity index (χ1v) is 5.64. The molecule has 2 nitrogen and oxygen atoms in total. The average molecular weight is 193 g/mol. The van der Waals surface area contributed by atoms with Crippen molar-refractivity contribution in [1.82, 2.24) is 4.90 Å². The SMILES string of the molecule is O=C1c2ccsc2C2CCCCN12. The fraction of sp³-hybridized carbons (Fsp3) is 0.500. The molecule has 0 radical (unpaired) electrons.